The highest BCUT2D eigenvalue weighted by atomic mass is 16.6. The Hall–Kier alpha value is -2.09. The first-order valence-electron chi connectivity index (χ1n) is 8.08. The van der Waals surface area contributed by atoms with Gasteiger partial charge in [-0.05, 0) is 26.7 Å². The molecule has 0 saturated carbocycles. The number of hydrogen-bond donors (Lipinski definition) is 1. The standard InChI is InChI=1S/C16H26N2O6/c1-4-10-23-12(3)15(20)24-11-14(19)17-13-6-8-18(9-7-13)16(21)22-5-2/h4,12-13H,1,5-11H2,2-3H3,(H,17,19). The van der Waals surface area contributed by atoms with Crippen LogP contribution in [0.1, 0.15) is 26.7 Å². The SMILES string of the molecule is C=CCOC(C)C(=O)OCC(=O)NC1CCN(C(=O)OCC)CC1. The van der Waals surface area contributed by atoms with Gasteiger partial charge in [-0.1, -0.05) is 6.08 Å². The van der Waals surface area contributed by atoms with Gasteiger partial charge >= 0.3 is 12.1 Å². The molecule has 0 aliphatic carbocycles. The van der Waals surface area contributed by atoms with E-state index in [-0.39, 0.29) is 31.3 Å². The smallest absolute Gasteiger partial charge is 0.409 e. The van der Waals surface area contributed by atoms with Crippen molar-refractivity contribution < 1.29 is 28.6 Å². The van der Waals surface area contributed by atoms with Gasteiger partial charge in [0, 0.05) is 19.1 Å². The molecule has 1 rings (SSSR count). The third-order valence-electron chi connectivity index (χ3n) is 3.53. The molecule has 1 aliphatic rings. The minimum atomic E-state index is -0.747. The average Bonchev–Trinajstić information content (AvgIpc) is 2.58. The zero-order valence-corrected chi connectivity index (χ0v) is 14.3. The second-order valence-corrected chi connectivity index (χ2v) is 5.40. The molecule has 1 unspecified atom stereocenters. The molecule has 0 aromatic rings. The fraction of sp³-hybridized carbons (Fsp3) is 0.688. The monoisotopic (exact) mass is 342 g/mol. The highest BCUT2D eigenvalue weighted by molar-refractivity contribution is 5.82. The maximum atomic E-state index is 11.8. The molecule has 1 aliphatic heterocycles. The Balaban J connectivity index is 2.23. The summed E-state index contributed by atoms with van der Waals surface area (Å²) >= 11 is 0. The van der Waals surface area contributed by atoms with Crippen LogP contribution in [0.4, 0.5) is 4.79 Å². The predicted molar refractivity (Wildman–Crippen MR) is 86.3 cm³/mol. The first-order valence-corrected chi connectivity index (χ1v) is 8.08. The first-order chi connectivity index (χ1) is 11.5. The summed E-state index contributed by atoms with van der Waals surface area (Å²) in [4.78, 5) is 36.6. The van der Waals surface area contributed by atoms with Crippen molar-refractivity contribution in [3.63, 3.8) is 0 Å². The lowest BCUT2D eigenvalue weighted by Gasteiger charge is -2.31. The van der Waals surface area contributed by atoms with E-state index in [4.69, 9.17) is 14.2 Å². The lowest BCUT2D eigenvalue weighted by molar-refractivity contribution is -0.158. The second kappa shape index (κ2) is 10.6. The highest BCUT2D eigenvalue weighted by Crippen LogP contribution is 2.11. The maximum Gasteiger partial charge on any atom is 0.409 e. The van der Waals surface area contributed by atoms with E-state index >= 15 is 0 Å². The van der Waals surface area contributed by atoms with Crippen LogP contribution in [-0.4, -0.2) is 67.9 Å². The molecule has 136 valence electrons. The van der Waals surface area contributed by atoms with Gasteiger partial charge in [-0.3, -0.25) is 4.79 Å². The van der Waals surface area contributed by atoms with Gasteiger partial charge in [0.1, 0.15) is 0 Å². The van der Waals surface area contributed by atoms with Gasteiger partial charge in [0.25, 0.3) is 5.91 Å². The summed E-state index contributed by atoms with van der Waals surface area (Å²) in [5.74, 6) is -0.960. The van der Waals surface area contributed by atoms with Crippen molar-refractivity contribution in [2.75, 3.05) is 32.9 Å². The number of carbonyl (C=O) groups excluding carboxylic acids is 3. The van der Waals surface area contributed by atoms with Gasteiger partial charge in [0.2, 0.25) is 0 Å². The summed E-state index contributed by atoms with van der Waals surface area (Å²) < 4.78 is 15.0. The highest BCUT2D eigenvalue weighted by Gasteiger charge is 2.25. The molecule has 8 nitrogen and oxygen atoms in total. The molecule has 0 bridgehead atoms. The lowest BCUT2D eigenvalue weighted by Crippen LogP contribution is -2.47. The summed E-state index contributed by atoms with van der Waals surface area (Å²) in [7, 11) is 0. The Kier molecular flexibility index (Phi) is 8.85. The van der Waals surface area contributed by atoms with Gasteiger partial charge in [-0.2, -0.15) is 0 Å². The third-order valence-corrected chi connectivity index (χ3v) is 3.53. The average molecular weight is 342 g/mol. The molecule has 1 saturated heterocycles. The van der Waals surface area contributed by atoms with Crippen LogP contribution in [-0.2, 0) is 23.8 Å². The molecule has 1 fully saturated rings. The zero-order valence-electron chi connectivity index (χ0n) is 14.3. The normalized spacial score (nSPS) is 16.2. The molecule has 1 atom stereocenters. The Bertz CT molecular complexity index is 446. The van der Waals surface area contributed by atoms with Crippen molar-refractivity contribution in [2.24, 2.45) is 0 Å². The zero-order chi connectivity index (χ0) is 17.9. The number of carbonyl (C=O) groups is 3. The van der Waals surface area contributed by atoms with Gasteiger partial charge in [-0.25, -0.2) is 9.59 Å². The van der Waals surface area contributed by atoms with Crippen molar-refractivity contribution in [3.8, 4) is 0 Å². The van der Waals surface area contributed by atoms with Crippen LogP contribution in [0.2, 0.25) is 0 Å². The molecule has 0 spiro atoms. The number of likely N-dealkylation sites (tertiary alicyclic amines) is 1. The number of hydrogen-bond acceptors (Lipinski definition) is 6. The molecule has 2 amide bonds. The molecule has 0 aromatic carbocycles. The summed E-state index contributed by atoms with van der Waals surface area (Å²) in [6.45, 7) is 8.07. The molecular weight excluding hydrogens is 316 g/mol. The fourth-order valence-electron chi connectivity index (χ4n) is 2.22. The minimum Gasteiger partial charge on any atom is -0.454 e. The van der Waals surface area contributed by atoms with Crippen LogP contribution >= 0.6 is 0 Å². The Morgan fingerprint density at radius 2 is 1.96 bits per heavy atom. The quantitative estimate of drug-likeness (QED) is 0.519. The van der Waals surface area contributed by atoms with Gasteiger partial charge in [-0.15, -0.1) is 6.58 Å². The van der Waals surface area contributed by atoms with E-state index in [0.29, 0.717) is 32.5 Å². The van der Waals surface area contributed by atoms with Crippen LogP contribution in [0.15, 0.2) is 12.7 Å². The van der Waals surface area contributed by atoms with Crippen molar-refractivity contribution >= 4 is 18.0 Å². The second-order valence-electron chi connectivity index (χ2n) is 5.40. The number of nitrogens with zero attached hydrogens (tertiary/aromatic N) is 1. The fourth-order valence-corrected chi connectivity index (χ4v) is 2.22. The van der Waals surface area contributed by atoms with E-state index in [1.165, 1.54) is 6.08 Å². The van der Waals surface area contributed by atoms with E-state index in [0.717, 1.165) is 0 Å². The topological polar surface area (TPSA) is 94.2 Å². The number of ether oxygens (including phenoxy) is 3. The number of amides is 2. The van der Waals surface area contributed by atoms with Crippen molar-refractivity contribution in [3.05, 3.63) is 12.7 Å². The Morgan fingerprint density at radius 3 is 2.54 bits per heavy atom. The van der Waals surface area contributed by atoms with Gasteiger partial charge < -0.3 is 24.4 Å². The maximum absolute atomic E-state index is 11.8. The van der Waals surface area contributed by atoms with E-state index in [1.807, 2.05) is 0 Å². The minimum absolute atomic E-state index is 0.0451. The van der Waals surface area contributed by atoms with Crippen LogP contribution in [0.3, 0.4) is 0 Å². The van der Waals surface area contributed by atoms with Gasteiger partial charge in [0.05, 0.1) is 13.2 Å². The van der Waals surface area contributed by atoms with Crippen LogP contribution < -0.4 is 5.32 Å². The Labute approximate surface area is 142 Å². The summed E-state index contributed by atoms with van der Waals surface area (Å²) in [6, 6.07) is -0.0451. The van der Waals surface area contributed by atoms with Gasteiger partial charge in [0.15, 0.2) is 12.7 Å². The first kappa shape index (κ1) is 20.0. The number of piperidine rings is 1. The van der Waals surface area contributed by atoms with E-state index in [9.17, 15) is 14.4 Å². The molecule has 24 heavy (non-hydrogen) atoms. The summed E-state index contributed by atoms with van der Waals surface area (Å²) in [5.41, 5.74) is 0. The Morgan fingerprint density at radius 1 is 1.29 bits per heavy atom. The van der Waals surface area contributed by atoms with Crippen LogP contribution in [0.25, 0.3) is 0 Å². The van der Waals surface area contributed by atoms with Crippen molar-refractivity contribution in [1.82, 2.24) is 10.2 Å². The molecule has 8 heteroatoms. The molecule has 1 N–H and O–H groups in total. The van der Waals surface area contributed by atoms with Crippen LogP contribution in [0.5, 0.6) is 0 Å². The molecule has 0 radical (unpaired) electrons. The molecular formula is C16H26N2O6. The molecule has 1 heterocycles. The number of esters is 1. The van der Waals surface area contributed by atoms with E-state index in [1.54, 1.807) is 18.7 Å². The van der Waals surface area contributed by atoms with E-state index in [2.05, 4.69) is 11.9 Å². The molecule has 0 aromatic heterocycles. The number of rotatable bonds is 8. The summed E-state index contributed by atoms with van der Waals surface area (Å²) in [6.07, 6.45) is 1.72. The third kappa shape index (κ3) is 6.99. The van der Waals surface area contributed by atoms with E-state index < -0.39 is 12.1 Å². The lowest BCUT2D eigenvalue weighted by atomic mass is 10.1. The van der Waals surface area contributed by atoms with Crippen molar-refractivity contribution in [1.29, 1.82) is 0 Å². The summed E-state index contributed by atoms with van der Waals surface area (Å²) in [5, 5.41) is 2.80. The van der Waals surface area contributed by atoms with Crippen molar-refractivity contribution in [2.45, 2.75) is 38.8 Å². The number of nitrogens with one attached hydrogen (secondary N) is 1. The largest absolute Gasteiger partial charge is 0.454 e. The van der Waals surface area contributed by atoms with Crippen LogP contribution in [0, 0.1) is 0 Å². The predicted octanol–water partition coefficient (Wildman–Crippen LogP) is 0.858.